The van der Waals surface area contributed by atoms with Gasteiger partial charge in [0.25, 0.3) is 5.91 Å². The Hall–Kier alpha value is -2.66. The largest absolute Gasteiger partial charge is 0.497 e. The van der Waals surface area contributed by atoms with Gasteiger partial charge in [0.1, 0.15) is 5.75 Å². The van der Waals surface area contributed by atoms with Gasteiger partial charge in [0.2, 0.25) is 0 Å². The quantitative estimate of drug-likeness (QED) is 0.853. The number of hydrogen-bond donors (Lipinski definition) is 1. The molecule has 5 nitrogen and oxygen atoms in total. The van der Waals surface area contributed by atoms with E-state index in [2.05, 4.69) is 39.7 Å². The van der Waals surface area contributed by atoms with Crippen molar-refractivity contribution in [2.75, 3.05) is 20.2 Å². The minimum absolute atomic E-state index is 0.210. The second-order valence-corrected chi connectivity index (χ2v) is 6.11. The summed E-state index contributed by atoms with van der Waals surface area (Å²) in [6.07, 6.45) is 1.76. The summed E-state index contributed by atoms with van der Waals surface area (Å²) in [5, 5.41) is 4.31. The molecule has 1 amide bonds. The average molecular weight is 337 g/mol. The van der Waals surface area contributed by atoms with Gasteiger partial charge in [-0.05, 0) is 23.8 Å². The fraction of sp³-hybridized carbons (Fsp3) is 0.300. The van der Waals surface area contributed by atoms with Crippen LogP contribution in [0.1, 0.15) is 28.8 Å². The predicted molar refractivity (Wildman–Crippen MR) is 98.8 cm³/mol. The molecule has 0 aliphatic carbocycles. The van der Waals surface area contributed by atoms with Crippen molar-refractivity contribution < 1.29 is 9.53 Å². The van der Waals surface area contributed by atoms with Crippen LogP contribution in [0.2, 0.25) is 0 Å². The highest BCUT2D eigenvalue weighted by Gasteiger charge is 2.15. The maximum absolute atomic E-state index is 12.2. The summed E-state index contributed by atoms with van der Waals surface area (Å²) in [6, 6.07) is 17.5. The third-order valence-corrected chi connectivity index (χ3v) is 4.33. The van der Waals surface area contributed by atoms with Crippen molar-refractivity contribution in [3.8, 4) is 5.75 Å². The molecule has 1 aliphatic rings. The van der Waals surface area contributed by atoms with Gasteiger partial charge in [0, 0.05) is 43.8 Å². The number of likely N-dealkylation sites (tertiary alicyclic amines) is 1. The van der Waals surface area contributed by atoms with E-state index in [4.69, 9.17) is 4.74 Å². The molecule has 0 spiro atoms. The van der Waals surface area contributed by atoms with Gasteiger partial charge in [-0.3, -0.25) is 9.69 Å². The lowest BCUT2D eigenvalue weighted by atomic mass is 10.1. The molecular formula is C20H23N3O2. The van der Waals surface area contributed by atoms with Crippen LogP contribution < -0.4 is 10.2 Å². The van der Waals surface area contributed by atoms with Crippen LogP contribution in [-0.4, -0.2) is 36.7 Å². The van der Waals surface area contributed by atoms with Crippen LogP contribution in [0.15, 0.2) is 59.7 Å². The summed E-state index contributed by atoms with van der Waals surface area (Å²) < 4.78 is 5.14. The minimum Gasteiger partial charge on any atom is -0.497 e. The summed E-state index contributed by atoms with van der Waals surface area (Å²) >= 11 is 0. The lowest BCUT2D eigenvalue weighted by molar-refractivity contribution is 0.0954. The Balaban J connectivity index is 1.49. The van der Waals surface area contributed by atoms with Gasteiger partial charge in [-0.2, -0.15) is 5.10 Å². The molecule has 0 atom stereocenters. The number of hydrazone groups is 1. The number of hydrogen-bond acceptors (Lipinski definition) is 4. The van der Waals surface area contributed by atoms with E-state index in [-0.39, 0.29) is 5.91 Å². The molecule has 1 heterocycles. The second-order valence-electron chi connectivity index (χ2n) is 6.11. The van der Waals surface area contributed by atoms with E-state index in [1.54, 1.807) is 25.3 Å². The van der Waals surface area contributed by atoms with Gasteiger partial charge in [-0.25, -0.2) is 5.43 Å². The molecule has 2 aromatic rings. The molecule has 1 aliphatic heterocycles. The first-order valence-corrected chi connectivity index (χ1v) is 8.51. The third kappa shape index (κ3) is 4.90. The van der Waals surface area contributed by atoms with Gasteiger partial charge >= 0.3 is 0 Å². The average Bonchev–Trinajstić information content (AvgIpc) is 2.68. The molecule has 0 unspecified atom stereocenters. The summed E-state index contributed by atoms with van der Waals surface area (Å²) in [7, 11) is 1.58. The summed E-state index contributed by atoms with van der Waals surface area (Å²) in [4.78, 5) is 14.6. The lowest BCUT2D eigenvalue weighted by Gasteiger charge is -2.27. The number of benzene rings is 2. The fourth-order valence-corrected chi connectivity index (χ4v) is 2.88. The number of amides is 1. The van der Waals surface area contributed by atoms with Crippen LogP contribution in [0.25, 0.3) is 0 Å². The van der Waals surface area contributed by atoms with Crippen molar-refractivity contribution in [2.45, 2.75) is 19.4 Å². The molecular weight excluding hydrogens is 314 g/mol. The third-order valence-electron chi connectivity index (χ3n) is 4.33. The van der Waals surface area contributed by atoms with E-state index in [0.717, 1.165) is 38.2 Å². The van der Waals surface area contributed by atoms with Crippen LogP contribution >= 0.6 is 0 Å². The maximum Gasteiger partial charge on any atom is 0.271 e. The van der Waals surface area contributed by atoms with E-state index in [1.807, 2.05) is 12.1 Å². The highest BCUT2D eigenvalue weighted by molar-refractivity contribution is 5.95. The number of rotatable bonds is 5. The van der Waals surface area contributed by atoms with Crippen LogP contribution in [0, 0.1) is 0 Å². The molecule has 1 saturated heterocycles. The molecule has 1 N–H and O–H groups in total. The van der Waals surface area contributed by atoms with Gasteiger partial charge < -0.3 is 4.74 Å². The zero-order valence-corrected chi connectivity index (χ0v) is 14.4. The van der Waals surface area contributed by atoms with Gasteiger partial charge in [-0.15, -0.1) is 0 Å². The van der Waals surface area contributed by atoms with Crippen LogP contribution in [0.3, 0.4) is 0 Å². The normalized spacial score (nSPS) is 14.8. The van der Waals surface area contributed by atoms with E-state index in [0.29, 0.717) is 11.3 Å². The van der Waals surface area contributed by atoms with Crippen molar-refractivity contribution in [1.29, 1.82) is 0 Å². The van der Waals surface area contributed by atoms with E-state index < -0.39 is 0 Å². The number of methoxy groups -OCH3 is 1. The Morgan fingerprint density at radius 2 is 1.88 bits per heavy atom. The fourth-order valence-electron chi connectivity index (χ4n) is 2.88. The first-order valence-electron chi connectivity index (χ1n) is 8.51. The van der Waals surface area contributed by atoms with Crippen molar-refractivity contribution in [2.24, 2.45) is 5.10 Å². The Kier molecular flexibility index (Phi) is 5.80. The smallest absolute Gasteiger partial charge is 0.271 e. The Morgan fingerprint density at radius 1 is 1.12 bits per heavy atom. The number of nitrogens with zero attached hydrogens (tertiary/aromatic N) is 2. The van der Waals surface area contributed by atoms with Gasteiger partial charge in [0.15, 0.2) is 0 Å². The number of carbonyl (C=O) groups is 1. The number of ether oxygens (including phenoxy) is 1. The number of carbonyl (C=O) groups excluding carboxylic acids is 1. The van der Waals surface area contributed by atoms with E-state index >= 15 is 0 Å². The summed E-state index contributed by atoms with van der Waals surface area (Å²) in [5.41, 5.74) is 5.58. The van der Waals surface area contributed by atoms with E-state index in [9.17, 15) is 4.79 Å². The van der Waals surface area contributed by atoms with Crippen molar-refractivity contribution in [3.63, 3.8) is 0 Å². The molecule has 0 bridgehead atoms. The molecule has 0 saturated carbocycles. The molecule has 1 fully saturated rings. The SMILES string of the molecule is COc1cccc(C(=O)NN=C2CCN(Cc3ccccc3)CC2)c1. The second kappa shape index (κ2) is 8.44. The Labute approximate surface area is 148 Å². The molecule has 130 valence electrons. The van der Waals surface area contributed by atoms with Gasteiger partial charge in [-0.1, -0.05) is 36.4 Å². The number of nitrogens with one attached hydrogen (secondary N) is 1. The molecule has 3 rings (SSSR count). The first kappa shape index (κ1) is 17.2. The van der Waals surface area contributed by atoms with Crippen molar-refractivity contribution >= 4 is 11.6 Å². The standard InChI is InChI=1S/C20H23N3O2/c1-25-19-9-5-8-17(14-19)20(24)22-21-18-10-12-23(13-11-18)15-16-6-3-2-4-7-16/h2-9,14H,10-13,15H2,1H3,(H,22,24). The van der Waals surface area contributed by atoms with Crippen molar-refractivity contribution in [3.05, 3.63) is 65.7 Å². The van der Waals surface area contributed by atoms with E-state index in [1.165, 1.54) is 5.56 Å². The summed E-state index contributed by atoms with van der Waals surface area (Å²) in [6.45, 7) is 2.88. The first-order chi connectivity index (χ1) is 12.2. The van der Waals surface area contributed by atoms with Crippen LogP contribution in [0.5, 0.6) is 5.75 Å². The zero-order valence-electron chi connectivity index (χ0n) is 14.4. The summed E-state index contributed by atoms with van der Waals surface area (Å²) in [5.74, 6) is 0.452. The Morgan fingerprint density at radius 3 is 2.60 bits per heavy atom. The lowest BCUT2D eigenvalue weighted by Crippen LogP contribution is -2.34. The van der Waals surface area contributed by atoms with Crippen LogP contribution in [0.4, 0.5) is 0 Å². The Bertz CT molecular complexity index is 734. The minimum atomic E-state index is -0.210. The maximum atomic E-state index is 12.2. The predicted octanol–water partition coefficient (Wildman–Crippen LogP) is 3.08. The van der Waals surface area contributed by atoms with Crippen LogP contribution in [-0.2, 0) is 6.54 Å². The molecule has 25 heavy (non-hydrogen) atoms. The zero-order chi connectivity index (χ0) is 17.5. The monoisotopic (exact) mass is 337 g/mol. The highest BCUT2D eigenvalue weighted by Crippen LogP contribution is 2.13. The molecule has 0 aromatic heterocycles. The highest BCUT2D eigenvalue weighted by atomic mass is 16.5. The number of piperidine rings is 1. The topological polar surface area (TPSA) is 53.9 Å². The van der Waals surface area contributed by atoms with Crippen molar-refractivity contribution in [1.82, 2.24) is 10.3 Å². The van der Waals surface area contributed by atoms with Gasteiger partial charge in [0.05, 0.1) is 7.11 Å². The molecule has 0 radical (unpaired) electrons. The molecule has 5 heteroatoms. The molecule has 2 aromatic carbocycles.